The van der Waals surface area contributed by atoms with E-state index in [1.807, 2.05) is 94.4 Å². The molecule has 0 saturated carbocycles. The van der Waals surface area contributed by atoms with E-state index >= 15 is 0 Å². The molecule has 2 aliphatic rings. The number of rotatable bonds is 22. The molecular weight excluding hydrogens is 1900 g/mol. The molecule has 6 aromatic carbocycles. The Bertz CT molecular complexity index is 3550. The molecule has 3 heterocycles. The predicted octanol–water partition coefficient (Wildman–Crippen LogP) is 16.3. The molecule has 2 aliphatic heterocycles. The molecule has 0 spiro atoms. The standard InChI is InChI=1S/C37H41FN2O4.C26H24FNO3.C11H21NO3.I3.I2.HI/c1-24(2)34-33(36(42)39-29-14-10-7-11-15-29)32(26-12-8-6-9-13-26)35(27-16-18-28(38)19-17-27)40(34)21-20-30-23-31(22-25(3)41)44-37(4,5)43-30;1-17(2)24(29)23(26(31)28-21-11-7-4-8-12-21)22(18-9-5-3-6-10-18)25(30)19-13-15-20(27)16-14-19;1-8(13)6-10-7-9(4-5-12)14-11(2,3)15-10;1-3-2;1-2;/h6-19,24,30-31H,20-23H2,1-5H3,(H,39,42);3-17,22-23H,1-2H3,(H,28,31);9-10H,4-7,12H2,1-3H3;;;1H/q;;;-1;;/t30-,31+;;9-,10+;;;/m1.1.../s1. The number of nitrogens with zero attached hydrogens (tertiary/aromatic N) is 1. The number of amides is 2. The third-order valence-electron chi connectivity index (χ3n) is 15.4. The van der Waals surface area contributed by atoms with Crippen molar-refractivity contribution in [2.24, 2.45) is 17.6 Å². The monoisotopic (exact) mass is 1990 g/mol. The average Bonchev–Trinajstić information content (AvgIpc) is 1.58. The normalized spacial score (nSPS) is 17.3. The number of carbonyl (C=O) groups excluding carboxylic acids is 6. The third kappa shape index (κ3) is 26.7. The van der Waals surface area contributed by atoms with E-state index in [1.54, 1.807) is 94.4 Å². The molecule has 2 unspecified atom stereocenters. The van der Waals surface area contributed by atoms with Gasteiger partial charge in [-0.15, -0.1) is 24.0 Å². The number of ether oxygens (including phenoxy) is 4. The van der Waals surface area contributed by atoms with Crippen molar-refractivity contribution in [2.75, 3.05) is 17.2 Å². The Kier molecular flexibility index (Phi) is 37.5. The van der Waals surface area contributed by atoms with Gasteiger partial charge in [0, 0.05) is 104 Å². The molecule has 96 heavy (non-hydrogen) atoms. The van der Waals surface area contributed by atoms with Crippen molar-refractivity contribution in [1.29, 1.82) is 0 Å². The Balaban J connectivity index is 0.000000326. The fraction of sp³-hybridized carbons (Fsp3) is 0.378. The molecule has 22 heteroatoms. The van der Waals surface area contributed by atoms with Crippen LogP contribution >= 0.6 is 98.4 Å². The van der Waals surface area contributed by atoms with E-state index in [1.165, 1.54) is 36.4 Å². The van der Waals surface area contributed by atoms with Gasteiger partial charge in [0.15, 0.2) is 17.4 Å². The van der Waals surface area contributed by atoms with Crippen LogP contribution in [0.1, 0.15) is 152 Å². The molecule has 520 valence electrons. The first kappa shape index (κ1) is 84.7. The molecule has 0 bridgehead atoms. The number of carbonyl (C=O) groups is 6. The van der Waals surface area contributed by atoms with Crippen LogP contribution < -0.4 is 29.6 Å². The van der Waals surface area contributed by atoms with Crippen molar-refractivity contribution in [3.05, 3.63) is 204 Å². The molecule has 7 aromatic rings. The molecular formula is C74H87F2I6N4O10-. The summed E-state index contributed by atoms with van der Waals surface area (Å²) in [4.78, 5) is 77.3. The Labute approximate surface area is 634 Å². The number of hydrogen-bond donors (Lipinski definition) is 3. The number of Topliss-reactive ketones (excluding diaryl/α,β-unsaturated/α-hetero) is 4. The number of nitrogens with two attached hydrogens (primary N) is 1. The summed E-state index contributed by atoms with van der Waals surface area (Å²) in [5.41, 5.74) is 12.4. The van der Waals surface area contributed by atoms with E-state index in [-0.39, 0.29) is 88.9 Å². The second-order valence-corrected chi connectivity index (χ2v) is 40.8. The maximum absolute atomic E-state index is 14.3. The summed E-state index contributed by atoms with van der Waals surface area (Å²) in [6, 6.07) is 48.5. The van der Waals surface area contributed by atoms with E-state index in [9.17, 15) is 37.5 Å². The molecule has 1 aromatic heterocycles. The minimum absolute atomic E-state index is 0. The van der Waals surface area contributed by atoms with Crippen LogP contribution in [0.4, 0.5) is 20.2 Å². The topological polar surface area (TPSA) is 194 Å². The van der Waals surface area contributed by atoms with Crippen molar-refractivity contribution in [1.82, 2.24) is 4.57 Å². The van der Waals surface area contributed by atoms with Gasteiger partial charge in [0.25, 0.3) is 5.91 Å². The number of aromatic nitrogens is 1. The molecule has 2 saturated heterocycles. The summed E-state index contributed by atoms with van der Waals surface area (Å²) in [7, 11) is 0. The van der Waals surface area contributed by atoms with E-state index in [0.717, 1.165) is 40.9 Å². The summed E-state index contributed by atoms with van der Waals surface area (Å²) in [6.45, 7) is 19.4. The van der Waals surface area contributed by atoms with Crippen LogP contribution in [-0.4, -0.2) is 82.0 Å². The van der Waals surface area contributed by atoms with Crippen molar-refractivity contribution >= 4 is 145 Å². The van der Waals surface area contributed by atoms with Gasteiger partial charge < -0.3 is 39.9 Å². The SMILES string of the molecule is CC(=O)C[C@H]1C[C@@H](CCN)OC(C)(C)O1.CC(=O)C[C@H]1C[C@@H](CCn2c(-c3ccc(F)cc3)c(-c3ccccc3)c(C(=O)Nc3ccccc3)c2C(C)C)OC(C)(C)O1.CC(C)C(=O)C(C(=O)Nc1ccccc1)C(C(=O)c1ccc(F)cc1)c1ccccc1.I.II.I[I-]I. The summed E-state index contributed by atoms with van der Waals surface area (Å²) in [5.74, 6) is -6.22. The Morgan fingerprint density at radius 1 is 0.594 bits per heavy atom. The first-order chi connectivity index (χ1) is 45.2. The van der Waals surface area contributed by atoms with Gasteiger partial charge in [0.2, 0.25) is 5.91 Å². The zero-order chi connectivity index (χ0) is 70.0. The Morgan fingerprint density at radius 3 is 1.45 bits per heavy atom. The maximum atomic E-state index is 14.3. The van der Waals surface area contributed by atoms with E-state index in [4.69, 9.17) is 24.7 Å². The second kappa shape index (κ2) is 42.5. The van der Waals surface area contributed by atoms with Crippen LogP contribution in [0.2, 0.25) is 0 Å². The van der Waals surface area contributed by atoms with Crippen LogP contribution in [0.5, 0.6) is 0 Å². The van der Waals surface area contributed by atoms with Gasteiger partial charge in [-0.25, -0.2) is 8.78 Å². The summed E-state index contributed by atoms with van der Waals surface area (Å²) >= 11 is 9.54. The fourth-order valence-corrected chi connectivity index (χ4v) is 11.8. The predicted molar refractivity (Wildman–Crippen MR) is 419 cm³/mol. The number of para-hydroxylation sites is 2. The zero-order valence-electron chi connectivity index (χ0n) is 55.6. The minimum atomic E-state index is -1.24. The van der Waals surface area contributed by atoms with Gasteiger partial charge in [-0.2, -0.15) is 0 Å². The Morgan fingerprint density at radius 2 is 1.01 bits per heavy atom. The number of ketones is 4. The van der Waals surface area contributed by atoms with Gasteiger partial charge in [-0.1, -0.05) is 125 Å². The molecule has 2 fully saturated rings. The summed E-state index contributed by atoms with van der Waals surface area (Å²) < 4.78 is 53.6. The number of nitrogens with one attached hydrogen (secondary N) is 2. The first-order valence-corrected chi connectivity index (χ1v) is 50.2. The molecule has 14 nitrogen and oxygen atoms in total. The van der Waals surface area contributed by atoms with Gasteiger partial charge in [-0.3, -0.25) is 28.8 Å². The molecule has 6 atom stereocenters. The van der Waals surface area contributed by atoms with Gasteiger partial charge >= 0.3 is 50.5 Å². The van der Waals surface area contributed by atoms with Crippen molar-refractivity contribution in [2.45, 2.75) is 162 Å². The van der Waals surface area contributed by atoms with Gasteiger partial charge in [0.1, 0.15) is 34.9 Å². The molecule has 0 radical (unpaired) electrons. The number of halogens is 8. The van der Waals surface area contributed by atoms with E-state index in [0.29, 0.717) is 74.5 Å². The molecule has 2 amide bonds. The summed E-state index contributed by atoms with van der Waals surface area (Å²) in [6.07, 6.45) is 3.33. The summed E-state index contributed by atoms with van der Waals surface area (Å²) in [5, 5.41) is 5.89. The van der Waals surface area contributed by atoms with E-state index in [2.05, 4.69) is 104 Å². The number of benzene rings is 6. The van der Waals surface area contributed by atoms with Crippen LogP contribution in [0.25, 0.3) is 22.4 Å². The molecule has 0 aliphatic carbocycles. The quantitative estimate of drug-likeness (QED) is 0.0332. The number of anilines is 2. The molecule has 9 rings (SSSR count). The van der Waals surface area contributed by atoms with Crippen molar-refractivity contribution in [3.63, 3.8) is 0 Å². The van der Waals surface area contributed by atoms with Gasteiger partial charge in [0.05, 0.1) is 41.6 Å². The fourth-order valence-electron chi connectivity index (χ4n) is 11.8. The van der Waals surface area contributed by atoms with Gasteiger partial charge in [-0.05, 0) is 156 Å². The second-order valence-electron chi connectivity index (χ2n) is 24.6. The Hall–Kier alpha value is -3.74. The number of hydrogen-bond acceptors (Lipinski definition) is 11. The van der Waals surface area contributed by atoms with Crippen LogP contribution in [-0.2, 0) is 44.7 Å². The van der Waals surface area contributed by atoms with E-state index < -0.39 is 46.8 Å². The van der Waals surface area contributed by atoms with Crippen LogP contribution in [0.3, 0.4) is 0 Å². The van der Waals surface area contributed by atoms with Crippen LogP contribution in [0, 0.1) is 23.5 Å². The van der Waals surface area contributed by atoms with Crippen LogP contribution in [0.15, 0.2) is 170 Å². The first-order valence-electron chi connectivity index (χ1n) is 31.3. The average molecular weight is 1990 g/mol. The third-order valence-corrected chi connectivity index (χ3v) is 15.4. The zero-order valence-corrected chi connectivity index (χ0v) is 68.7. The van der Waals surface area contributed by atoms with Crippen molar-refractivity contribution < 1.29 is 69.8 Å². The molecule has 4 N–H and O–H groups in total. The van der Waals surface area contributed by atoms with Crippen molar-refractivity contribution in [3.8, 4) is 22.4 Å².